The summed E-state index contributed by atoms with van der Waals surface area (Å²) in [6.45, 7) is 0. The van der Waals surface area contributed by atoms with E-state index in [1.807, 2.05) is 35.9 Å². The maximum atomic E-state index is 8.74. The Hall–Kier alpha value is -1.31. The molecule has 5 heteroatoms. The summed E-state index contributed by atoms with van der Waals surface area (Å²) in [6, 6.07) is 9.90. The second kappa shape index (κ2) is 4.91. The molecule has 0 aliphatic carbocycles. The van der Waals surface area contributed by atoms with Crippen LogP contribution in [0.4, 0.5) is 0 Å². The maximum absolute atomic E-state index is 8.74. The number of halogens is 2. The molecule has 2 rings (SSSR count). The Morgan fingerprint density at radius 1 is 1.53 bits per heavy atom. The largest absolute Gasteiger partial charge is 0.329 e. The minimum absolute atomic E-state index is 0.260. The van der Waals surface area contributed by atoms with E-state index in [2.05, 4.69) is 27.0 Å². The molecular weight excluding hydrogens is 302 g/mol. The van der Waals surface area contributed by atoms with Crippen LogP contribution in [0, 0.1) is 11.3 Å². The van der Waals surface area contributed by atoms with Gasteiger partial charge in [0.2, 0.25) is 0 Å². The normalized spacial score (nSPS) is 10.2. The molecule has 1 heterocycles. The first kappa shape index (κ1) is 12.2. The van der Waals surface area contributed by atoms with Gasteiger partial charge in [-0.1, -0.05) is 39.7 Å². The molecule has 0 atom stereocenters. The number of nitrogens with zero attached hydrogens (tertiary/aromatic N) is 3. The Labute approximate surface area is 113 Å². The van der Waals surface area contributed by atoms with Crippen molar-refractivity contribution in [3.63, 3.8) is 0 Å². The molecule has 1 aromatic carbocycles. The topological polar surface area (TPSA) is 41.6 Å². The predicted octanol–water partition coefficient (Wildman–Crippen LogP) is 3.57. The first-order valence-corrected chi connectivity index (χ1v) is 6.14. The SMILES string of the molecule is Cn1c(-c2cccc(Br)c2)nc(Cl)c1CC#N. The zero-order chi connectivity index (χ0) is 12.4. The lowest BCUT2D eigenvalue weighted by Gasteiger charge is -2.04. The summed E-state index contributed by atoms with van der Waals surface area (Å²) < 4.78 is 2.84. The van der Waals surface area contributed by atoms with Gasteiger partial charge >= 0.3 is 0 Å². The maximum Gasteiger partial charge on any atom is 0.152 e. The summed E-state index contributed by atoms with van der Waals surface area (Å²) in [7, 11) is 1.86. The fourth-order valence-electron chi connectivity index (χ4n) is 1.65. The molecule has 3 nitrogen and oxygen atoms in total. The molecule has 0 bridgehead atoms. The summed E-state index contributed by atoms with van der Waals surface area (Å²) >= 11 is 9.44. The molecule has 0 saturated carbocycles. The van der Waals surface area contributed by atoms with Crippen LogP contribution in [0.25, 0.3) is 11.4 Å². The van der Waals surface area contributed by atoms with Crippen molar-refractivity contribution in [3.8, 4) is 17.5 Å². The quantitative estimate of drug-likeness (QED) is 0.851. The summed E-state index contributed by atoms with van der Waals surface area (Å²) in [5, 5.41) is 9.13. The monoisotopic (exact) mass is 309 g/mol. The van der Waals surface area contributed by atoms with Gasteiger partial charge in [-0.2, -0.15) is 5.26 Å². The van der Waals surface area contributed by atoms with E-state index >= 15 is 0 Å². The number of hydrogen-bond acceptors (Lipinski definition) is 2. The van der Waals surface area contributed by atoms with Gasteiger partial charge in [-0.15, -0.1) is 0 Å². The van der Waals surface area contributed by atoms with Gasteiger partial charge < -0.3 is 4.57 Å². The molecule has 1 aromatic heterocycles. The first-order chi connectivity index (χ1) is 8.13. The average molecular weight is 311 g/mol. The zero-order valence-electron chi connectivity index (χ0n) is 9.11. The third-order valence-corrected chi connectivity index (χ3v) is 3.29. The Kier molecular flexibility index (Phi) is 3.51. The lowest BCUT2D eigenvalue weighted by atomic mass is 10.2. The van der Waals surface area contributed by atoms with Crippen LogP contribution in [0.5, 0.6) is 0 Å². The van der Waals surface area contributed by atoms with Crippen molar-refractivity contribution in [2.75, 3.05) is 0 Å². The summed E-state index contributed by atoms with van der Waals surface area (Å²) in [5.41, 5.74) is 1.71. The number of nitriles is 1. The Balaban J connectivity index is 2.54. The van der Waals surface area contributed by atoms with Crippen molar-refractivity contribution in [2.24, 2.45) is 7.05 Å². The standard InChI is InChI=1S/C12H9BrClN3/c1-17-10(5-6-15)11(14)16-12(17)8-3-2-4-9(13)7-8/h2-4,7H,5H2,1H3. The van der Waals surface area contributed by atoms with Crippen LogP contribution in [0.3, 0.4) is 0 Å². The number of imidazole rings is 1. The van der Waals surface area contributed by atoms with Gasteiger partial charge in [-0.3, -0.25) is 0 Å². The van der Waals surface area contributed by atoms with Crippen LogP contribution >= 0.6 is 27.5 Å². The minimum Gasteiger partial charge on any atom is -0.329 e. The molecule has 0 saturated heterocycles. The predicted molar refractivity (Wildman–Crippen MR) is 70.7 cm³/mol. The van der Waals surface area contributed by atoms with E-state index in [1.54, 1.807) is 0 Å². The second-order valence-electron chi connectivity index (χ2n) is 3.58. The molecule has 0 unspecified atom stereocenters. The van der Waals surface area contributed by atoms with Gasteiger partial charge in [-0.05, 0) is 12.1 Å². The van der Waals surface area contributed by atoms with E-state index in [4.69, 9.17) is 16.9 Å². The number of hydrogen-bond donors (Lipinski definition) is 0. The van der Waals surface area contributed by atoms with E-state index in [0.717, 1.165) is 21.6 Å². The second-order valence-corrected chi connectivity index (χ2v) is 4.85. The van der Waals surface area contributed by atoms with Gasteiger partial charge in [-0.25, -0.2) is 4.98 Å². The smallest absolute Gasteiger partial charge is 0.152 e. The summed E-state index contributed by atoms with van der Waals surface area (Å²) in [5.74, 6) is 0.765. The number of rotatable bonds is 2. The van der Waals surface area contributed by atoms with Crippen LogP contribution in [0.1, 0.15) is 5.69 Å². The third-order valence-electron chi connectivity index (χ3n) is 2.49. The highest BCUT2D eigenvalue weighted by Crippen LogP contribution is 2.26. The number of benzene rings is 1. The molecule has 0 amide bonds. The van der Waals surface area contributed by atoms with Crippen LogP contribution < -0.4 is 0 Å². The third kappa shape index (κ3) is 2.36. The van der Waals surface area contributed by atoms with Gasteiger partial charge in [0.05, 0.1) is 18.2 Å². The van der Waals surface area contributed by atoms with Gasteiger partial charge in [0, 0.05) is 17.1 Å². The lowest BCUT2D eigenvalue weighted by Crippen LogP contribution is -1.98. The average Bonchev–Trinajstić information content (AvgIpc) is 2.57. The van der Waals surface area contributed by atoms with Gasteiger partial charge in [0.1, 0.15) is 5.82 Å². The van der Waals surface area contributed by atoms with Crippen molar-refractivity contribution in [1.29, 1.82) is 5.26 Å². The molecule has 2 aromatic rings. The first-order valence-electron chi connectivity index (χ1n) is 4.97. The molecule has 0 aliphatic rings. The van der Waals surface area contributed by atoms with E-state index in [1.165, 1.54) is 0 Å². The highest BCUT2D eigenvalue weighted by Gasteiger charge is 2.14. The molecule has 0 radical (unpaired) electrons. The molecule has 0 N–H and O–H groups in total. The van der Waals surface area contributed by atoms with E-state index < -0.39 is 0 Å². The van der Waals surface area contributed by atoms with Crippen molar-refractivity contribution >= 4 is 27.5 Å². The highest BCUT2D eigenvalue weighted by molar-refractivity contribution is 9.10. The van der Waals surface area contributed by atoms with Crippen LogP contribution in [0.15, 0.2) is 28.7 Å². The van der Waals surface area contributed by atoms with Crippen LogP contribution in [0.2, 0.25) is 5.15 Å². The van der Waals surface area contributed by atoms with E-state index in [0.29, 0.717) is 5.15 Å². The van der Waals surface area contributed by atoms with Crippen molar-refractivity contribution in [2.45, 2.75) is 6.42 Å². The Morgan fingerprint density at radius 2 is 2.29 bits per heavy atom. The van der Waals surface area contributed by atoms with Gasteiger partial charge in [0.25, 0.3) is 0 Å². The molecule has 86 valence electrons. The highest BCUT2D eigenvalue weighted by atomic mass is 79.9. The molecule has 0 fully saturated rings. The lowest BCUT2D eigenvalue weighted by molar-refractivity contribution is 0.864. The van der Waals surface area contributed by atoms with Crippen molar-refractivity contribution in [3.05, 3.63) is 39.6 Å². The van der Waals surface area contributed by atoms with Crippen molar-refractivity contribution < 1.29 is 0 Å². The summed E-state index contributed by atoms with van der Waals surface area (Å²) in [6.07, 6.45) is 0.260. The molecule has 17 heavy (non-hydrogen) atoms. The fourth-order valence-corrected chi connectivity index (χ4v) is 2.32. The summed E-state index contributed by atoms with van der Waals surface area (Å²) in [4.78, 5) is 4.30. The van der Waals surface area contributed by atoms with Crippen LogP contribution in [-0.2, 0) is 13.5 Å². The van der Waals surface area contributed by atoms with E-state index in [-0.39, 0.29) is 6.42 Å². The Morgan fingerprint density at radius 3 is 2.94 bits per heavy atom. The minimum atomic E-state index is 0.260. The van der Waals surface area contributed by atoms with Crippen LogP contribution in [-0.4, -0.2) is 9.55 Å². The fraction of sp³-hybridized carbons (Fsp3) is 0.167. The Bertz CT molecular complexity index is 598. The zero-order valence-corrected chi connectivity index (χ0v) is 11.5. The number of aromatic nitrogens is 2. The van der Waals surface area contributed by atoms with Crippen molar-refractivity contribution in [1.82, 2.24) is 9.55 Å². The molecule has 0 aliphatic heterocycles. The van der Waals surface area contributed by atoms with Gasteiger partial charge in [0.15, 0.2) is 5.15 Å². The van der Waals surface area contributed by atoms with E-state index in [9.17, 15) is 0 Å². The molecular formula is C12H9BrClN3. The molecule has 0 spiro atoms.